The molecule has 1 saturated heterocycles. The molecule has 0 saturated carbocycles. The summed E-state index contributed by atoms with van der Waals surface area (Å²) in [7, 11) is -1.85. The average molecular weight is 465 g/mol. The molecule has 0 radical (unpaired) electrons. The molecule has 2 aromatic rings. The Morgan fingerprint density at radius 3 is 2.43 bits per heavy atom. The number of carbonyl (C=O) groups excluding carboxylic acids is 1. The van der Waals surface area contributed by atoms with Crippen LogP contribution in [0.3, 0.4) is 0 Å². The van der Waals surface area contributed by atoms with Gasteiger partial charge in [0.05, 0.1) is 10.8 Å². The number of nitrogens with zero attached hydrogens (tertiary/aromatic N) is 2. The fourth-order valence-corrected chi connectivity index (χ4v) is 5.24. The van der Waals surface area contributed by atoms with E-state index in [0.29, 0.717) is 19.4 Å². The quantitative estimate of drug-likeness (QED) is 0.683. The Kier molecular flexibility index (Phi) is 6.27. The van der Waals surface area contributed by atoms with Gasteiger partial charge < -0.3 is 4.90 Å². The summed E-state index contributed by atoms with van der Waals surface area (Å²) < 4.78 is 28.2. The summed E-state index contributed by atoms with van der Waals surface area (Å²) in [4.78, 5) is 14.9. The lowest BCUT2D eigenvalue weighted by molar-refractivity contribution is -0.123. The number of carbonyl (C=O) groups is 1. The molecule has 0 N–H and O–H groups in total. The number of halogens is 1. The molecule has 0 aliphatic carbocycles. The molecule has 0 unspecified atom stereocenters. The van der Waals surface area contributed by atoms with Gasteiger partial charge >= 0.3 is 0 Å². The summed E-state index contributed by atoms with van der Waals surface area (Å²) >= 11 is 3.33. The van der Waals surface area contributed by atoms with Crippen molar-refractivity contribution in [2.45, 2.75) is 31.6 Å². The molecule has 1 aliphatic heterocycles. The van der Waals surface area contributed by atoms with Crippen LogP contribution < -0.4 is 4.90 Å². The first-order valence-electron chi connectivity index (χ1n) is 9.30. The average Bonchev–Trinajstić information content (AvgIpc) is 2.69. The van der Waals surface area contributed by atoms with Crippen LogP contribution in [0.5, 0.6) is 0 Å². The van der Waals surface area contributed by atoms with Gasteiger partial charge in [0.15, 0.2) is 0 Å². The van der Waals surface area contributed by atoms with Gasteiger partial charge in [-0.15, -0.1) is 0 Å². The van der Waals surface area contributed by atoms with Crippen LogP contribution in [-0.2, 0) is 14.8 Å². The second-order valence-electron chi connectivity index (χ2n) is 7.32. The van der Waals surface area contributed by atoms with Crippen molar-refractivity contribution in [1.82, 2.24) is 4.31 Å². The number of piperidine rings is 1. The summed E-state index contributed by atoms with van der Waals surface area (Å²) in [6.07, 6.45) is 1.37. The van der Waals surface area contributed by atoms with Crippen LogP contribution in [0.1, 0.15) is 24.0 Å². The van der Waals surface area contributed by atoms with E-state index in [1.807, 2.05) is 32.0 Å². The predicted octanol–water partition coefficient (Wildman–Crippen LogP) is 4.13. The smallest absolute Gasteiger partial charge is 0.243 e. The van der Waals surface area contributed by atoms with Gasteiger partial charge in [0.25, 0.3) is 0 Å². The third-order valence-corrected chi connectivity index (χ3v) is 7.80. The van der Waals surface area contributed by atoms with Crippen molar-refractivity contribution >= 4 is 37.5 Å². The van der Waals surface area contributed by atoms with Crippen molar-refractivity contribution in [3.05, 3.63) is 58.1 Å². The van der Waals surface area contributed by atoms with Crippen molar-refractivity contribution in [3.8, 4) is 0 Å². The monoisotopic (exact) mass is 464 g/mol. The maximum Gasteiger partial charge on any atom is 0.243 e. The third-order valence-electron chi connectivity index (χ3n) is 5.39. The minimum atomic E-state index is -3.61. The van der Waals surface area contributed by atoms with E-state index in [9.17, 15) is 13.2 Å². The van der Waals surface area contributed by atoms with Gasteiger partial charge in [-0.3, -0.25) is 4.79 Å². The number of hydrogen-bond donors (Lipinski definition) is 0. The van der Waals surface area contributed by atoms with Crippen molar-refractivity contribution in [1.29, 1.82) is 0 Å². The highest BCUT2D eigenvalue weighted by Crippen LogP contribution is 2.27. The van der Waals surface area contributed by atoms with E-state index in [4.69, 9.17) is 0 Å². The van der Waals surface area contributed by atoms with E-state index in [1.54, 1.807) is 36.2 Å². The largest absolute Gasteiger partial charge is 0.315 e. The lowest BCUT2D eigenvalue weighted by Crippen LogP contribution is -2.45. The van der Waals surface area contributed by atoms with Gasteiger partial charge in [0.1, 0.15) is 0 Å². The zero-order chi connectivity index (χ0) is 20.5. The Morgan fingerprint density at radius 1 is 1.11 bits per heavy atom. The Labute approximate surface area is 175 Å². The summed E-state index contributed by atoms with van der Waals surface area (Å²) in [6, 6.07) is 12.5. The molecule has 5 nitrogen and oxygen atoms in total. The first-order valence-corrected chi connectivity index (χ1v) is 11.5. The maximum atomic E-state index is 13.0. The van der Waals surface area contributed by atoms with Crippen LogP contribution in [0.15, 0.2) is 51.8 Å². The molecule has 28 heavy (non-hydrogen) atoms. The van der Waals surface area contributed by atoms with E-state index >= 15 is 0 Å². The highest BCUT2D eigenvalue weighted by Gasteiger charge is 2.34. The van der Waals surface area contributed by atoms with Gasteiger partial charge in [-0.2, -0.15) is 4.31 Å². The lowest BCUT2D eigenvalue weighted by Gasteiger charge is -2.33. The van der Waals surface area contributed by atoms with E-state index in [-0.39, 0.29) is 23.3 Å². The van der Waals surface area contributed by atoms with E-state index < -0.39 is 10.0 Å². The molecule has 1 amide bonds. The minimum Gasteiger partial charge on any atom is -0.315 e. The standard InChI is InChI=1S/C21H25BrN2O3S/c1-15-6-9-19(13-16(15)2)23(3)21(25)17-5-4-12-24(14-17)28(26,27)20-10-7-18(22)8-11-20/h6-11,13,17H,4-5,12,14H2,1-3H3/t17-/m0/s1. The molecule has 7 heteroatoms. The number of rotatable bonds is 4. The molecule has 150 valence electrons. The fraction of sp³-hybridized carbons (Fsp3) is 0.381. The second kappa shape index (κ2) is 8.35. The number of amides is 1. The van der Waals surface area contributed by atoms with Gasteiger partial charge in [-0.1, -0.05) is 22.0 Å². The number of benzene rings is 2. The zero-order valence-electron chi connectivity index (χ0n) is 16.4. The molecular weight excluding hydrogens is 440 g/mol. The first-order chi connectivity index (χ1) is 13.2. The van der Waals surface area contributed by atoms with Gasteiger partial charge in [0, 0.05) is 30.3 Å². The SMILES string of the molecule is Cc1ccc(N(C)C(=O)[C@H]2CCCN(S(=O)(=O)c3ccc(Br)cc3)C2)cc1C. The molecule has 0 bridgehead atoms. The zero-order valence-corrected chi connectivity index (χ0v) is 18.8. The van der Waals surface area contributed by atoms with E-state index in [1.165, 1.54) is 9.87 Å². The second-order valence-corrected chi connectivity index (χ2v) is 10.2. The molecule has 1 heterocycles. The van der Waals surface area contributed by atoms with Crippen LogP contribution >= 0.6 is 15.9 Å². The van der Waals surface area contributed by atoms with E-state index in [2.05, 4.69) is 15.9 Å². The molecule has 1 fully saturated rings. The minimum absolute atomic E-state index is 0.0426. The number of anilines is 1. The van der Waals surface area contributed by atoms with Crippen LogP contribution in [0.2, 0.25) is 0 Å². The third kappa shape index (κ3) is 4.31. The summed E-state index contributed by atoms with van der Waals surface area (Å²) in [5.74, 6) is -0.385. The normalized spacial score (nSPS) is 18.1. The summed E-state index contributed by atoms with van der Waals surface area (Å²) in [5, 5.41) is 0. The van der Waals surface area contributed by atoms with Gasteiger partial charge in [-0.05, 0) is 74.2 Å². The first kappa shape index (κ1) is 21.0. The van der Waals surface area contributed by atoms with Gasteiger partial charge in [-0.25, -0.2) is 8.42 Å². The Hall–Kier alpha value is -1.70. The molecule has 0 aromatic heterocycles. The topological polar surface area (TPSA) is 57.7 Å². The van der Waals surface area contributed by atoms with Gasteiger partial charge in [0.2, 0.25) is 15.9 Å². The Bertz CT molecular complexity index is 974. The maximum absolute atomic E-state index is 13.0. The van der Waals surface area contributed by atoms with Crippen LogP contribution in [0.25, 0.3) is 0 Å². The number of sulfonamides is 1. The van der Waals surface area contributed by atoms with Crippen LogP contribution in [-0.4, -0.2) is 38.8 Å². The van der Waals surface area contributed by atoms with Crippen molar-refractivity contribution in [2.75, 3.05) is 25.0 Å². The summed E-state index contributed by atoms with van der Waals surface area (Å²) in [5.41, 5.74) is 3.13. The molecule has 1 aliphatic rings. The highest BCUT2D eigenvalue weighted by molar-refractivity contribution is 9.10. The fourth-order valence-electron chi connectivity index (χ4n) is 3.45. The number of aryl methyl sites for hydroxylation is 2. The van der Waals surface area contributed by atoms with E-state index in [0.717, 1.165) is 15.7 Å². The van der Waals surface area contributed by atoms with Crippen LogP contribution in [0, 0.1) is 19.8 Å². The predicted molar refractivity (Wildman–Crippen MR) is 115 cm³/mol. The molecule has 2 aromatic carbocycles. The number of hydrogen-bond acceptors (Lipinski definition) is 3. The molecule has 1 atom stereocenters. The molecular formula is C21H25BrN2O3S. The lowest BCUT2D eigenvalue weighted by atomic mass is 9.98. The van der Waals surface area contributed by atoms with Crippen molar-refractivity contribution in [3.63, 3.8) is 0 Å². The van der Waals surface area contributed by atoms with Crippen molar-refractivity contribution in [2.24, 2.45) is 5.92 Å². The summed E-state index contributed by atoms with van der Waals surface area (Å²) in [6.45, 7) is 4.71. The Morgan fingerprint density at radius 2 is 1.79 bits per heavy atom. The Balaban J connectivity index is 1.77. The van der Waals surface area contributed by atoms with Crippen LogP contribution in [0.4, 0.5) is 5.69 Å². The molecule has 3 rings (SSSR count). The van der Waals surface area contributed by atoms with Crippen molar-refractivity contribution < 1.29 is 13.2 Å². The molecule has 0 spiro atoms. The highest BCUT2D eigenvalue weighted by atomic mass is 79.9.